The van der Waals surface area contributed by atoms with Crippen LogP contribution in [0.4, 0.5) is 0 Å². The largest absolute Gasteiger partial charge is 0.359 e. The molecule has 4 rings (SSSR count). The van der Waals surface area contributed by atoms with E-state index in [2.05, 4.69) is 38.9 Å². The molecule has 4 heterocycles. The van der Waals surface area contributed by atoms with E-state index in [0.29, 0.717) is 12.3 Å². The Kier molecular flexibility index (Phi) is 5.21. The zero-order valence-corrected chi connectivity index (χ0v) is 17.0. The molecule has 2 fully saturated rings. The highest BCUT2D eigenvalue weighted by Crippen LogP contribution is 2.43. The summed E-state index contributed by atoms with van der Waals surface area (Å²) in [6, 6.07) is 5.90. The second-order valence-electron chi connectivity index (χ2n) is 8.51. The molecule has 2 aliphatic rings. The number of fused-ring (bicyclic) bond motifs is 1. The molecule has 0 bridgehead atoms. The Morgan fingerprint density at radius 2 is 2.21 bits per heavy atom. The molecule has 2 saturated heterocycles. The van der Waals surface area contributed by atoms with E-state index in [4.69, 9.17) is 4.52 Å². The first-order chi connectivity index (χ1) is 13.5. The van der Waals surface area contributed by atoms with E-state index in [1.807, 2.05) is 25.1 Å². The van der Waals surface area contributed by atoms with Crippen LogP contribution in [0.25, 0.3) is 11.3 Å². The summed E-state index contributed by atoms with van der Waals surface area (Å²) in [6.07, 6.45) is 4.14. The van der Waals surface area contributed by atoms with Gasteiger partial charge in [-0.15, -0.1) is 0 Å². The quantitative estimate of drug-likeness (QED) is 0.760. The number of hydrogen-bond donors (Lipinski definition) is 0. The van der Waals surface area contributed by atoms with Crippen molar-refractivity contribution in [1.29, 1.82) is 0 Å². The van der Waals surface area contributed by atoms with Crippen molar-refractivity contribution in [2.24, 2.45) is 11.3 Å². The summed E-state index contributed by atoms with van der Waals surface area (Å²) in [6.45, 7) is 7.39. The number of pyridine rings is 1. The van der Waals surface area contributed by atoms with Gasteiger partial charge >= 0.3 is 0 Å². The van der Waals surface area contributed by atoms with Crippen LogP contribution in [0.5, 0.6) is 0 Å². The Labute approximate surface area is 166 Å². The zero-order valence-electron chi connectivity index (χ0n) is 17.0. The van der Waals surface area contributed by atoms with Gasteiger partial charge in [0.1, 0.15) is 5.69 Å². The fourth-order valence-electron chi connectivity index (χ4n) is 4.94. The van der Waals surface area contributed by atoms with Crippen LogP contribution in [0.2, 0.25) is 0 Å². The molecule has 0 aliphatic carbocycles. The number of rotatable bonds is 6. The van der Waals surface area contributed by atoms with Crippen LogP contribution in [-0.4, -0.2) is 77.6 Å². The molecule has 1 amide bonds. The van der Waals surface area contributed by atoms with Gasteiger partial charge in [-0.3, -0.25) is 14.7 Å². The lowest BCUT2D eigenvalue weighted by Crippen LogP contribution is -2.42. The zero-order chi connectivity index (χ0) is 19.7. The van der Waals surface area contributed by atoms with Crippen molar-refractivity contribution in [3.8, 4) is 11.3 Å². The highest BCUT2D eigenvalue weighted by atomic mass is 16.5. The Hall–Kier alpha value is -2.25. The maximum absolute atomic E-state index is 12.3. The molecule has 7 heteroatoms. The maximum atomic E-state index is 12.3. The summed E-state index contributed by atoms with van der Waals surface area (Å²) in [5.41, 5.74) is 1.93. The minimum atomic E-state index is 0.139. The summed E-state index contributed by atoms with van der Waals surface area (Å²) >= 11 is 0. The number of aromatic nitrogens is 2. The lowest BCUT2D eigenvalue weighted by molar-refractivity contribution is -0.130. The maximum Gasteiger partial charge on any atom is 0.222 e. The van der Waals surface area contributed by atoms with Gasteiger partial charge in [0.2, 0.25) is 5.91 Å². The van der Waals surface area contributed by atoms with Crippen molar-refractivity contribution in [2.45, 2.75) is 19.9 Å². The fraction of sp³-hybridized carbons (Fsp3) is 0.571. The normalized spacial score (nSPS) is 24.9. The van der Waals surface area contributed by atoms with Gasteiger partial charge in [-0.25, -0.2) is 0 Å². The van der Waals surface area contributed by atoms with E-state index in [9.17, 15) is 4.79 Å². The second kappa shape index (κ2) is 7.64. The van der Waals surface area contributed by atoms with Crippen molar-refractivity contribution in [3.63, 3.8) is 0 Å². The van der Waals surface area contributed by atoms with Gasteiger partial charge in [-0.2, -0.15) is 0 Å². The minimum Gasteiger partial charge on any atom is -0.359 e. The smallest absolute Gasteiger partial charge is 0.222 e. The third-order valence-corrected chi connectivity index (χ3v) is 6.01. The minimum absolute atomic E-state index is 0.139. The summed E-state index contributed by atoms with van der Waals surface area (Å²) in [5.74, 6) is 1.65. The van der Waals surface area contributed by atoms with Gasteiger partial charge < -0.3 is 14.3 Å². The molecule has 0 saturated carbocycles. The molecule has 2 aromatic heterocycles. The second-order valence-corrected chi connectivity index (χ2v) is 8.51. The van der Waals surface area contributed by atoms with E-state index in [1.54, 1.807) is 12.4 Å². The third kappa shape index (κ3) is 3.69. The van der Waals surface area contributed by atoms with Crippen LogP contribution in [0.1, 0.15) is 19.1 Å². The highest BCUT2D eigenvalue weighted by molar-refractivity contribution is 5.76. The first kappa shape index (κ1) is 19.1. The first-order valence-electron chi connectivity index (χ1n) is 10.00. The molecule has 0 spiro atoms. The van der Waals surface area contributed by atoms with Crippen molar-refractivity contribution in [2.75, 3.05) is 46.8 Å². The van der Waals surface area contributed by atoms with E-state index >= 15 is 0 Å². The Morgan fingerprint density at radius 3 is 2.93 bits per heavy atom. The third-order valence-electron chi connectivity index (χ3n) is 6.01. The Balaban J connectivity index is 1.46. The number of amides is 1. The fourth-order valence-corrected chi connectivity index (χ4v) is 4.94. The molecule has 2 aliphatic heterocycles. The van der Waals surface area contributed by atoms with Crippen LogP contribution in [0, 0.1) is 11.3 Å². The van der Waals surface area contributed by atoms with Gasteiger partial charge in [0.15, 0.2) is 5.76 Å². The topological polar surface area (TPSA) is 65.7 Å². The van der Waals surface area contributed by atoms with Gasteiger partial charge in [0.25, 0.3) is 0 Å². The molecule has 0 radical (unpaired) electrons. The number of nitrogens with zero attached hydrogens (tertiary/aromatic N) is 5. The summed E-state index contributed by atoms with van der Waals surface area (Å²) in [7, 11) is 4.24. The Morgan fingerprint density at radius 1 is 1.36 bits per heavy atom. The molecular formula is C21H29N5O2. The van der Waals surface area contributed by atoms with Crippen LogP contribution < -0.4 is 0 Å². The summed E-state index contributed by atoms with van der Waals surface area (Å²) in [4.78, 5) is 23.2. The monoisotopic (exact) mass is 383 g/mol. The SMILES string of the molecule is CCC(=O)N1C[C@@H]2CN(Cc3cc(-c4cccnc4)no3)C[C@]2(CN(C)C)C1. The van der Waals surface area contributed by atoms with E-state index < -0.39 is 0 Å². The number of carbonyl (C=O) groups excluding carboxylic acids is 1. The average Bonchev–Trinajstić information content (AvgIpc) is 3.34. The van der Waals surface area contributed by atoms with Gasteiger partial charge in [-0.1, -0.05) is 12.1 Å². The van der Waals surface area contributed by atoms with Crippen LogP contribution in [0.15, 0.2) is 35.1 Å². The molecule has 150 valence electrons. The molecule has 0 N–H and O–H groups in total. The first-order valence-corrected chi connectivity index (χ1v) is 10.00. The molecular weight excluding hydrogens is 354 g/mol. The average molecular weight is 383 g/mol. The molecule has 28 heavy (non-hydrogen) atoms. The Bertz CT molecular complexity index is 821. The van der Waals surface area contributed by atoms with Gasteiger partial charge in [0, 0.05) is 68.6 Å². The van der Waals surface area contributed by atoms with Crippen molar-refractivity contribution < 1.29 is 9.32 Å². The predicted molar refractivity (Wildman–Crippen MR) is 106 cm³/mol. The van der Waals surface area contributed by atoms with Crippen molar-refractivity contribution in [1.82, 2.24) is 24.8 Å². The molecule has 7 nitrogen and oxygen atoms in total. The summed E-state index contributed by atoms with van der Waals surface area (Å²) in [5, 5.41) is 4.21. The standard InChI is InChI=1S/C21H29N5O2/c1-4-20(27)26-11-17-10-25(14-21(17,15-26)13-24(2)3)12-18-8-19(23-28-18)16-6-5-7-22-9-16/h5-9,17H,4,10-15H2,1-3H3/t17-,21+/m0/s1. The highest BCUT2D eigenvalue weighted by Gasteiger charge is 2.53. The molecule has 0 aromatic carbocycles. The molecule has 2 atom stereocenters. The number of likely N-dealkylation sites (tertiary alicyclic amines) is 2. The molecule has 0 unspecified atom stereocenters. The van der Waals surface area contributed by atoms with Crippen molar-refractivity contribution >= 4 is 5.91 Å². The van der Waals surface area contributed by atoms with Gasteiger partial charge in [-0.05, 0) is 32.1 Å². The number of hydrogen-bond acceptors (Lipinski definition) is 6. The van der Waals surface area contributed by atoms with E-state index in [0.717, 1.165) is 56.3 Å². The van der Waals surface area contributed by atoms with Crippen LogP contribution >= 0.6 is 0 Å². The predicted octanol–water partition coefficient (Wildman–Crippen LogP) is 1.97. The van der Waals surface area contributed by atoms with Crippen LogP contribution in [0.3, 0.4) is 0 Å². The molecule has 2 aromatic rings. The van der Waals surface area contributed by atoms with Crippen molar-refractivity contribution in [3.05, 3.63) is 36.4 Å². The van der Waals surface area contributed by atoms with E-state index in [-0.39, 0.29) is 11.3 Å². The lowest BCUT2D eigenvalue weighted by Gasteiger charge is -2.32. The summed E-state index contributed by atoms with van der Waals surface area (Å²) < 4.78 is 5.60. The lowest BCUT2D eigenvalue weighted by atomic mass is 9.80. The number of carbonyl (C=O) groups is 1. The van der Waals surface area contributed by atoms with Gasteiger partial charge in [0.05, 0.1) is 6.54 Å². The van der Waals surface area contributed by atoms with Crippen LogP contribution in [-0.2, 0) is 11.3 Å². The van der Waals surface area contributed by atoms with E-state index in [1.165, 1.54) is 0 Å².